The van der Waals surface area contributed by atoms with E-state index in [9.17, 15) is 8.78 Å². The van der Waals surface area contributed by atoms with Gasteiger partial charge in [0.25, 0.3) is 6.43 Å². The molecule has 0 spiro atoms. The van der Waals surface area contributed by atoms with Gasteiger partial charge in [0.1, 0.15) is 6.10 Å². The monoisotopic (exact) mass is 168 g/mol. The lowest BCUT2D eigenvalue weighted by atomic mass is 10.0. The molecule has 4 heteroatoms. The Kier molecular flexibility index (Phi) is 3.89. The molecule has 0 saturated carbocycles. The number of rotatable bonds is 4. The number of aliphatic hydroxyl groups excluding tert-OH is 1. The van der Waals surface area contributed by atoms with E-state index in [2.05, 4.69) is 0 Å². The molecule has 0 aliphatic heterocycles. The van der Waals surface area contributed by atoms with Gasteiger partial charge in [-0.1, -0.05) is 0 Å². The Bertz CT molecular complexity index is 115. The summed E-state index contributed by atoms with van der Waals surface area (Å²) in [6.07, 6.45) is -4.34. The van der Waals surface area contributed by atoms with Crippen LogP contribution in [0.15, 0.2) is 0 Å². The van der Waals surface area contributed by atoms with Crippen LogP contribution in [0, 0.1) is 0 Å². The topological polar surface area (TPSA) is 29.5 Å². The Morgan fingerprint density at radius 3 is 2.18 bits per heavy atom. The number of hydrogen-bond donors (Lipinski definition) is 1. The van der Waals surface area contributed by atoms with Crippen LogP contribution in [-0.2, 0) is 4.74 Å². The quantitative estimate of drug-likeness (QED) is 0.688. The van der Waals surface area contributed by atoms with Gasteiger partial charge in [0.05, 0.1) is 5.60 Å². The molecular weight excluding hydrogens is 154 g/mol. The first kappa shape index (κ1) is 10.8. The van der Waals surface area contributed by atoms with Gasteiger partial charge < -0.3 is 9.84 Å². The molecule has 0 heterocycles. The van der Waals surface area contributed by atoms with Gasteiger partial charge in [0.15, 0.2) is 0 Å². The summed E-state index contributed by atoms with van der Waals surface area (Å²) >= 11 is 0. The van der Waals surface area contributed by atoms with Gasteiger partial charge in [0.2, 0.25) is 0 Å². The molecular formula is C7H14F2O2. The Morgan fingerprint density at radius 1 is 1.45 bits per heavy atom. The van der Waals surface area contributed by atoms with Crippen molar-refractivity contribution in [2.45, 2.75) is 38.4 Å². The summed E-state index contributed by atoms with van der Waals surface area (Å²) in [5, 5.41) is 8.76. The van der Waals surface area contributed by atoms with E-state index in [4.69, 9.17) is 9.84 Å². The van der Waals surface area contributed by atoms with Gasteiger partial charge in [-0.3, -0.25) is 0 Å². The maximum absolute atomic E-state index is 11.8. The van der Waals surface area contributed by atoms with Crippen molar-refractivity contribution in [2.75, 3.05) is 7.11 Å². The molecule has 0 saturated heterocycles. The number of halogens is 2. The molecule has 0 bridgehead atoms. The zero-order chi connectivity index (χ0) is 9.07. The number of alkyl halides is 2. The summed E-state index contributed by atoms with van der Waals surface area (Å²) in [5.41, 5.74) is -0.685. The maximum atomic E-state index is 11.8. The number of aliphatic hydroxyl groups is 1. The first-order valence-corrected chi connectivity index (χ1v) is 3.40. The molecule has 0 rings (SSSR count). The average molecular weight is 168 g/mol. The van der Waals surface area contributed by atoms with E-state index in [0.717, 1.165) is 0 Å². The fourth-order valence-electron chi connectivity index (χ4n) is 0.676. The van der Waals surface area contributed by atoms with Crippen molar-refractivity contribution < 1.29 is 18.6 Å². The van der Waals surface area contributed by atoms with Crippen LogP contribution in [0.25, 0.3) is 0 Å². The predicted molar refractivity (Wildman–Crippen MR) is 37.7 cm³/mol. The van der Waals surface area contributed by atoms with E-state index >= 15 is 0 Å². The van der Waals surface area contributed by atoms with E-state index in [-0.39, 0.29) is 6.42 Å². The SMILES string of the molecule is COC(C)(C)CC(O)C(F)F. The Balaban J connectivity index is 3.83. The Hall–Kier alpha value is -0.220. The van der Waals surface area contributed by atoms with E-state index in [1.165, 1.54) is 7.11 Å². The minimum atomic E-state index is -2.69. The van der Waals surface area contributed by atoms with Crippen molar-refractivity contribution in [1.82, 2.24) is 0 Å². The molecule has 0 radical (unpaired) electrons. The van der Waals surface area contributed by atoms with Crippen LogP contribution in [0.5, 0.6) is 0 Å². The molecule has 0 fully saturated rings. The normalized spacial score (nSPS) is 15.5. The van der Waals surface area contributed by atoms with Crippen LogP contribution >= 0.6 is 0 Å². The van der Waals surface area contributed by atoms with Crippen molar-refractivity contribution in [3.05, 3.63) is 0 Å². The fourth-order valence-corrected chi connectivity index (χ4v) is 0.676. The molecule has 0 aliphatic carbocycles. The largest absolute Gasteiger partial charge is 0.387 e. The van der Waals surface area contributed by atoms with E-state index in [1.807, 2.05) is 0 Å². The minimum absolute atomic E-state index is 0.0544. The third-order valence-corrected chi connectivity index (χ3v) is 1.54. The minimum Gasteiger partial charge on any atom is -0.387 e. The highest BCUT2D eigenvalue weighted by molar-refractivity contribution is 4.74. The zero-order valence-electron chi connectivity index (χ0n) is 6.97. The van der Waals surface area contributed by atoms with Gasteiger partial charge >= 0.3 is 0 Å². The smallest absolute Gasteiger partial charge is 0.264 e. The molecule has 0 amide bonds. The molecule has 0 aromatic heterocycles. The van der Waals surface area contributed by atoms with Crippen molar-refractivity contribution in [1.29, 1.82) is 0 Å². The highest BCUT2D eigenvalue weighted by atomic mass is 19.3. The molecule has 2 nitrogen and oxygen atoms in total. The van der Waals surface area contributed by atoms with Crippen molar-refractivity contribution in [3.8, 4) is 0 Å². The summed E-state index contributed by atoms with van der Waals surface area (Å²) in [7, 11) is 1.43. The molecule has 68 valence electrons. The summed E-state index contributed by atoms with van der Waals surface area (Å²) in [4.78, 5) is 0. The molecule has 1 atom stereocenters. The average Bonchev–Trinajstić information content (AvgIpc) is 1.87. The second-order valence-electron chi connectivity index (χ2n) is 3.07. The number of ether oxygens (including phenoxy) is 1. The van der Waals surface area contributed by atoms with Gasteiger partial charge in [0, 0.05) is 13.5 Å². The van der Waals surface area contributed by atoms with Crippen LogP contribution in [0.4, 0.5) is 8.78 Å². The second-order valence-corrected chi connectivity index (χ2v) is 3.07. The summed E-state index contributed by atoms with van der Waals surface area (Å²) in [5.74, 6) is 0. The first-order valence-electron chi connectivity index (χ1n) is 3.40. The third kappa shape index (κ3) is 4.27. The van der Waals surface area contributed by atoms with Crippen LogP contribution in [0.3, 0.4) is 0 Å². The molecule has 1 unspecified atom stereocenters. The summed E-state index contributed by atoms with van der Waals surface area (Å²) in [6.45, 7) is 3.30. The lowest BCUT2D eigenvalue weighted by Gasteiger charge is -2.25. The van der Waals surface area contributed by atoms with E-state index in [0.29, 0.717) is 0 Å². The Labute approximate surface area is 65.2 Å². The van der Waals surface area contributed by atoms with Crippen LogP contribution in [-0.4, -0.2) is 30.3 Å². The zero-order valence-corrected chi connectivity index (χ0v) is 6.97. The van der Waals surface area contributed by atoms with Crippen molar-refractivity contribution in [3.63, 3.8) is 0 Å². The molecule has 0 aromatic rings. The summed E-state index contributed by atoms with van der Waals surface area (Å²) in [6, 6.07) is 0. The standard InChI is InChI=1S/C7H14F2O2/c1-7(2,11-3)4-5(10)6(8)9/h5-6,10H,4H2,1-3H3. The molecule has 11 heavy (non-hydrogen) atoms. The highest BCUT2D eigenvalue weighted by Gasteiger charge is 2.26. The Morgan fingerprint density at radius 2 is 1.91 bits per heavy atom. The molecule has 1 N–H and O–H groups in total. The van der Waals surface area contributed by atoms with Gasteiger partial charge in [-0.05, 0) is 13.8 Å². The lowest BCUT2D eigenvalue weighted by molar-refractivity contribution is -0.0695. The summed E-state index contributed by atoms with van der Waals surface area (Å²) < 4.78 is 28.4. The van der Waals surface area contributed by atoms with Gasteiger partial charge in [-0.2, -0.15) is 0 Å². The number of hydrogen-bond acceptors (Lipinski definition) is 2. The van der Waals surface area contributed by atoms with Crippen LogP contribution < -0.4 is 0 Å². The third-order valence-electron chi connectivity index (χ3n) is 1.54. The van der Waals surface area contributed by atoms with E-state index in [1.54, 1.807) is 13.8 Å². The maximum Gasteiger partial charge on any atom is 0.264 e. The highest BCUT2D eigenvalue weighted by Crippen LogP contribution is 2.18. The van der Waals surface area contributed by atoms with Crippen molar-refractivity contribution in [2.24, 2.45) is 0 Å². The second kappa shape index (κ2) is 3.97. The molecule has 0 aliphatic rings. The van der Waals surface area contributed by atoms with Gasteiger partial charge in [-0.15, -0.1) is 0 Å². The predicted octanol–water partition coefficient (Wildman–Crippen LogP) is 1.43. The van der Waals surface area contributed by atoms with Crippen LogP contribution in [0.2, 0.25) is 0 Å². The number of methoxy groups -OCH3 is 1. The van der Waals surface area contributed by atoms with E-state index < -0.39 is 18.1 Å². The van der Waals surface area contributed by atoms with Crippen molar-refractivity contribution >= 4 is 0 Å². The first-order chi connectivity index (χ1) is 4.89. The molecule has 0 aromatic carbocycles. The van der Waals surface area contributed by atoms with Crippen LogP contribution in [0.1, 0.15) is 20.3 Å². The fraction of sp³-hybridized carbons (Fsp3) is 1.00. The van der Waals surface area contributed by atoms with Gasteiger partial charge in [-0.25, -0.2) is 8.78 Å². The lowest BCUT2D eigenvalue weighted by Crippen LogP contribution is -2.32.